The van der Waals surface area contributed by atoms with Gasteiger partial charge in [0.25, 0.3) is 0 Å². The van der Waals surface area contributed by atoms with Crippen LogP contribution in [0.4, 0.5) is 17.1 Å². The summed E-state index contributed by atoms with van der Waals surface area (Å²) in [6.45, 7) is 9.38. The van der Waals surface area contributed by atoms with E-state index in [2.05, 4.69) is 239 Å². The first-order valence-corrected chi connectivity index (χ1v) is 23.8. The van der Waals surface area contributed by atoms with Crippen LogP contribution >= 0.6 is 0 Å². The van der Waals surface area contributed by atoms with Crippen LogP contribution in [0.25, 0.3) is 55.3 Å². The van der Waals surface area contributed by atoms with Gasteiger partial charge in [-0.05, 0) is 122 Å². The van der Waals surface area contributed by atoms with Crippen LogP contribution in [0.1, 0.15) is 93.5 Å². The standard InChI is InChI=1S/C64H57N/c1-63(2,3)48-41-42-60(55(43-48)45-25-10-6-11-26-45)65(58-39-18-15-31-50(58)52-35-21-28-46-27-20-34-49(61(46)52)44-23-8-5-9-24-44)59-40-19-16-32-51(59)53-36-22-38-57-62(53)54-33-14-17-37-56(54)64(57,4)47-29-12-7-13-30-47/h6-7,10-22,25-44H,5,8-9,23-24H2,1-4H3. The highest BCUT2D eigenvalue weighted by molar-refractivity contribution is 6.06. The van der Waals surface area contributed by atoms with Crippen molar-refractivity contribution >= 4 is 27.8 Å². The van der Waals surface area contributed by atoms with Crippen molar-refractivity contribution in [2.24, 2.45) is 0 Å². The summed E-state index contributed by atoms with van der Waals surface area (Å²) in [5.41, 5.74) is 19.9. The van der Waals surface area contributed by atoms with Crippen molar-refractivity contribution in [1.29, 1.82) is 0 Å². The lowest BCUT2D eigenvalue weighted by atomic mass is 9.74. The van der Waals surface area contributed by atoms with E-state index in [0.717, 1.165) is 17.1 Å². The molecule has 1 heteroatoms. The van der Waals surface area contributed by atoms with Gasteiger partial charge in [-0.1, -0.05) is 222 Å². The van der Waals surface area contributed by atoms with Gasteiger partial charge in [0.1, 0.15) is 0 Å². The van der Waals surface area contributed by atoms with Gasteiger partial charge in [-0.15, -0.1) is 0 Å². The van der Waals surface area contributed by atoms with Crippen LogP contribution in [0.3, 0.4) is 0 Å². The molecule has 0 radical (unpaired) electrons. The van der Waals surface area contributed by atoms with Gasteiger partial charge in [-0.25, -0.2) is 0 Å². The summed E-state index contributed by atoms with van der Waals surface area (Å²) in [5.74, 6) is 0.567. The Balaban J connectivity index is 1.21. The predicted molar refractivity (Wildman–Crippen MR) is 277 cm³/mol. The highest BCUT2D eigenvalue weighted by atomic mass is 15.1. The summed E-state index contributed by atoms with van der Waals surface area (Å²) < 4.78 is 0. The molecule has 0 spiro atoms. The van der Waals surface area contributed by atoms with Gasteiger partial charge in [-0.3, -0.25) is 0 Å². The average Bonchev–Trinajstić information content (AvgIpc) is 3.63. The van der Waals surface area contributed by atoms with Crippen LogP contribution in [0.15, 0.2) is 206 Å². The number of nitrogens with zero attached hydrogens (tertiary/aromatic N) is 1. The minimum atomic E-state index is -0.307. The van der Waals surface area contributed by atoms with Crippen LogP contribution in [0.5, 0.6) is 0 Å². The van der Waals surface area contributed by atoms with E-state index in [1.54, 1.807) is 0 Å². The topological polar surface area (TPSA) is 3.24 Å². The zero-order chi connectivity index (χ0) is 44.1. The van der Waals surface area contributed by atoms with Gasteiger partial charge >= 0.3 is 0 Å². The van der Waals surface area contributed by atoms with Gasteiger partial charge in [0, 0.05) is 22.1 Å². The maximum absolute atomic E-state index is 2.60. The quantitative estimate of drug-likeness (QED) is 0.147. The summed E-state index contributed by atoms with van der Waals surface area (Å²) >= 11 is 0. The molecule has 0 N–H and O–H groups in total. The number of anilines is 3. The summed E-state index contributed by atoms with van der Waals surface area (Å²) in [4.78, 5) is 2.60. The zero-order valence-electron chi connectivity index (χ0n) is 38.2. The van der Waals surface area contributed by atoms with Crippen molar-refractivity contribution in [2.45, 2.75) is 76.5 Å². The summed E-state index contributed by atoms with van der Waals surface area (Å²) in [7, 11) is 0. The van der Waals surface area contributed by atoms with E-state index in [1.165, 1.54) is 115 Å². The van der Waals surface area contributed by atoms with Gasteiger partial charge < -0.3 is 4.90 Å². The van der Waals surface area contributed by atoms with Crippen molar-refractivity contribution in [3.63, 3.8) is 0 Å². The Hall–Kier alpha value is -6.96. The number of hydrogen-bond acceptors (Lipinski definition) is 1. The monoisotopic (exact) mass is 839 g/mol. The normalized spacial score (nSPS) is 16.0. The molecule has 9 aromatic rings. The fourth-order valence-electron chi connectivity index (χ4n) is 11.4. The first-order valence-electron chi connectivity index (χ1n) is 23.8. The Morgan fingerprint density at radius 3 is 1.69 bits per heavy atom. The molecule has 0 saturated heterocycles. The fourth-order valence-corrected chi connectivity index (χ4v) is 11.4. The second-order valence-corrected chi connectivity index (χ2v) is 19.6. The summed E-state index contributed by atoms with van der Waals surface area (Å²) in [6, 6.07) is 77.7. The smallest absolute Gasteiger partial charge is 0.0540 e. The van der Waals surface area contributed by atoms with E-state index in [9.17, 15) is 0 Å². The molecule has 2 aliphatic rings. The molecular formula is C64H57N. The van der Waals surface area contributed by atoms with Gasteiger partial charge in [0.15, 0.2) is 0 Å². The third kappa shape index (κ3) is 7.01. The number of hydrogen-bond donors (Lipinski definition) is 0. The highest BCUT2D eigenvalue weighted by Crippen LogP contribution is 2.57. The molecule has 1 unspecified atom stereocenters. The Bertz CT molecular complexity index is 3180. The SMILES string of the molecule is CC(C)(C)c1ccc(N(c2ccccc2-c2cccc3c2-c2ccccc2C3(C)c2ccccc2)c2ccccc2-c2cccc3cccc(C4CCCCC4)c23)c(-c2ccccc2)c1. The van der Waals surface area contributed by atoms with E-state index in [-0.39, 0.29) is 10.8 Å². The molecule has 1 fully saturated rings. The first kappa shape index (κ1) is 40.8. The molecule has 1 nitrogen and oxygen atoms in total. The molecule has 0 amide bonds. The van der Waals surface area contributed by atoms with E-state index in [0.29, 0.717) is 5.92 Å². The Labute approximate surface area is 386 Å². The van der Waals surface area contributed by atoms with E-state index < -0.39 is 0 Å². The molecule has 9 aromatic carbocycles. The largest absolute Gasteiger partial charge is 0.309 e. The molecule has 2 aliphatic carbocycles. The zero-order valence-corrected chi connectivity index (χ0v) is 38.2. The van der Waals surface area contributed by atoms with Crippen molar-refractivity contribution in [2.75, 3.05) is 4.90 Å². The third-order valence-electron chi connectivity index (χ3n) is 14.7. The second kappa shape index (κ2) is 16.5. The van der Waals surface area contributed by atoms with E-state index in [4.69, 9.17) is 0 Å². The van der Waals surface area contributed by atoms with E-state index in [1.807, 2.05) is 0 Å². The maximum atomic E-state index is 2.60. The van der Waals surface area contributed by atoms with Crippen LogP contribution in [0.2, 0.25) is 0 Å². The van der Waals surface area contributed by atoms with Crippen molar-refractivity contribution in [3.8, 4) is 44.5 Å². The van der Waals surface area contributed by atoms with Gasteiger partial charge in [0.2, 0.25) is 0 Å². The molecule has 0 aromatic heterocycles. The third-order valence-corrected chi connectivity index (χ3v) is 14.7. The number of para-hydroxylation sites is 2. The van der Waals surface area contributed by atoms with Gasteiger partial charge in [-0.2, -0.15) is 0 Å². The maximum Gasteiger partial charge on any atom is 0.0540 e. The molecule has 0 heterocycles. The van der Waals surface area contributed by atoms with Crippen molar-refractivity contribution in [1.82, 2.24) is 0 Å². The number of fused-ring (bicyclic) bond motifs is 4. The Kier molecular flexibility index (Phi) is 10.4. The second-order valence-electron chi connectivity index (χ2n) is 19.6. The lowest BCUT2D eigenvalue weighted by Crippen LogP contribution is -2.22. The molecule has 0 bridgehead atoms. The first-order chi connectivity index (χ1) is 31.8. The van der Waals surface area contributed by atoms with Crippen LogP contribution < -0.4 is 4.90 Å². The Morgan fingerprint density at radius 2 is 0.985 bits per heavy atom. The Morgan fingerprint density at radius 1 is 0.446 bits per heavy atom. The molecule has 1 saturated carbocycles. The number of benzene rings is 9. The van der Waals surface area contributed by atoms with Crippen LogP contribution in [-0.2, 0) is 10.8 Å². The minimum absolute atomic E-state index is 0.0371. The lowest BCUT2D eigenvalue weighted by molar-refractivity contribution is 0.445. The predicted octanol–water partition coefficient (Wildman–Crippen LogP) is 18.0. The summed E-state index contributed by atoms with van der Waals surface area (Å²) in [5, 5.41) is 2.71. The minimum Gasteiger partial charge on any atom is -0.309 e. The lowest BCUT2D eigenvalue weighted by Gasteiger charge is -2.33. The van der Waals surface area contributed by atoms with Crippen molar-refractivity contribution < 1.29 is 0 Å². The van der Waals surface area contributed by atoms with Crippen LogP contribution in [-0.4, -0.2) is 0 Å². The highest BCUT2D eigenvalue weighted by Gasteiger charge is 2.42. The molecule has 65 heavy (non-hydrogen) atoms. The van der Waals surface area contributed by atoms with Crippen LogP contribution in [0, 0.1) is 0 Å². The molecule has 1 atom stereocenters. The average molecular weight is 840 g/mol. The van der Waals surface area contributed by atoms with Gasteiger partial charge in [0.05, 0.1) is 17.1 Å². The fraction of sp³-hybridized carbons (Fsp3) is 0.188. The summed E-state index contributed by atoms with van der Waals surface area (Å²) in [6.07, 6.45) is 6.45. The molecule has 11 rings (SSSR count). The number of rotatable bonds is 8. The van der Waals surface area contributed by atoms with E-state index >= 15 is 0 Å². The molecule has 318 valence electrons. The molecular weight excluding hydrogens is 783 g/mol. The molecule has 0 aliphatic heterocycles. The van der Waals surface area contributed by atoms with Crippen molar-refractivity contribution in [3.05, 3.63) is 234 Å².